The highest BCUT2D eigenvalue weighted by atomic mass is 35.5. The number of nitrogens with zero attached hydrogens (tertiary/aromatic N) is 4. The molecule has 1 fully saturated rings. The first-order valence-electron chi connectivity index (χ1n) is 10.1. The number of anilines is 2. The molecular formula is C22H20ClF2N5O3. The zero-order valence-electron chi connectivity index (χ0n) is 17.8. The maximum atomic E-state index is 12.8. The van der Waals surface area contributed by atoms with Crippen molar-refractivity contribution in [2.24, 2.45) is 7.05 Å². The van der Waals surface area contributed by atoms with E-state index in [0.717, 1.165) is 13.0 Å². The molecule has 1 aliphatic rings. The first kappa shape index (κ1) is 22.7. The molecule has 0 radical (unpaired) electrons. The predicted octanol–water partition coefficient (Wildman–Crippen LogP) is 3.86. The van der Waals surface area contributed by atoms with Gasteiger partial charge in [0.1, 0.15) is 11.6 Å². The second-order valence-electron chi connectivity index (χ2n) is 7.68. The van der Waals surface area contributed by atoms with Crippen LogP contribution in [0.15, 0.2) is 53.7 Å². The van der Waals surface area contributed by atoms with Crippen LogP contribution in [0, 0.1) is 0 Å². The van der Waals surface area contributed by atoms with Gasteiger partial charge in [-0.15, -0.1) is 8.78 Å². The fourth-order valence-electron chi connectivity index (χ4n) is 3.38. The molecule has 0 spiro atoms. The van der Waals surface area contributed by atoms with E-state index in [4.69, 9.17) is 11.6 Å². The molecule has 0 aliphatic carbocycles. The van der Waals surface area contributed by atoms with Crippen molar-refractivity contribution in [2.75, 3.05) is 16.8 Å². The van der Waals surface area contributed by atoms with Crippen LogP contribution in [0.5, 0.6) is 5.75 Å². The van der Waals surface area contributed by atoms with Crippen LogP contribution in [0.25, 0.3) is 11.3 Å². The molecule has 1 amide bonds. The van der Waals surface area contributed by atoms with Gasteiger partial charge in [0.15, 0.2) is 0 Å². The minimum absolute atomic E-state index is 0.151. The lowest BCUT2D eigenvalue weighted by molar-refractivity contribution is -0.0964. The van der Waals surface area contributed by atoms with Crippen LogP contribution < -0.4 is 20.5 Å². The molecule has 1 saturated heterocycles. The Morgan fingerprint density at radius 1 is 1.24 bits per heavy atom. The molecule has 0 unspecified atom stereocenters. The van der Waals surface area contributed by atoms with Gasteiger partial charge in [0.2, 0.25) is 0 Å². The number of aromatic nitrogens is 3. The lowest BCUT2D eigenvalue weighted by Crippen LogP contribution is -2.46. The second-order valence-corrected chi connectivity index (χ2v) is 8.12. The molecule has 1 atom stereocenters. The van der Waals surface area contributed by atoms with E-state index in [1.54, 1.807) is 13.1 Å². The molecule has 4 rings (SSSR count). The van der Waals surface area contributed by atoms with Gasteiger partial charge in [0.25, 0.3) is 11.5 Å². The highest BCUT2D eigenvalue weighted by molar-refractivity contribution is 6.20. The van der Waals surface area contributed by atoms with Gasteiger partial charge in [-0.3, -0.25) is 9.59 Å². The summed E-state index contributed by atoms with van der Waals surface area (Å²) < 4.78 is 31.1. The number of hydrogen-bond acceptors (Lipinski definition) is 6. The Morgan fingerprint density at radius 2 is 1.97 bits per heavy atom. The molecule has 33 heavy (non-hydrogen) atoms. The smallest absolute Gasteiger partial charge is 0.420 e. The van der Waals surface area contributed by atoms with E-state index in [1.807, 2.05) is 0 Å². The van der Waals surface area contributed by atoms with Crippen molar-refractivity contribution in [1.29, 1.82) is 0 Å². The van der Waals surface area contributed by atoms with Crippen LogP contribution in [0.1, 0.15) is 23.7 Å². The SMILES string of the molecule is C[C@@H]1CCN1c1ncc(C(=O)Nc2ccc(OC(F)(F)Cl)cc2)cc1-c1cc(=O)n(C)cn1. The summed E-state index contributed by atoms with van der Waals surface area (Å²) in [4.78, 5) is 35.9. The molecule has 1 N–H and O–H groups in total. The standard InChI is InChI=1S/C22H20ClF2N5O3/c1-13-7-8-30(13)20-17(18-10-19(31)29(2)12-27-18)9-14(11-26-20)21(32)28-15-3-5-16(6-4-15)33-22(23,24)25/h3-6,9-13H,7-8H2,1-2H3,(H,28,32)/t13-/m1/s1. The molecule has 1 aliphatic heterocycles. The Bertz CT molecular complexity index is 1240. The van der Waals surface area contributed by atoms with Gasteiger partial charge in [0, 0.05) is 54.7 Å². The highest BCUT2D eigenvalue weighted by Gasteiger charge is 2.29. The van der Waals surface area contributed by atoms with Gasteiger partial charge in [-0.25, -0.2) is 9.97 Å². The molecule has 0 saturated carbocycles. The van der Waals surface area contributed by atoms with Crippen molar-refractivity contribution < 1.29 is 18.3 Å². The van der Waals surface area contributed by atoms with Gasteiger partial charge in [-0.1, -0.05) is 0 Å². The third-order valence-corrected chi connectivity index (χ3v) is 5.40. The van der Waals surface area contributed by atoms with Gasteiger partial charge in [-0.2, -0.15) is 0 Å². The Hall–Kier alpha value is -3.53. The Morgan fingerprint density at radius 3 is 2.55 bits per heavy atom. The number of benzene rings is 1. The second kappa shape index (κ2) is 8.78. The molecular weight excluding hydrogens is 456 g/mol. The van der Waals surface area contributed by atoms with Crippen LogP contribution in [0.3, 0.4) is 0 Å². The number of carbonyl (C=O) groups excluding carboxylic acids is 1. The summed E-state index contributed by atoms with van der Waals surface area (Å²) >= 11 is 4.75. The average Bonchev–Trinajstić information content (AvgIpc) is 2.75. The summed E-state index contributed by atoms with van der Waals surface area (Å²) in [6.07, 6.45) is 3.89. The first-order chi connectivity index (χ1) is 15.6. The van der Waals surface area contributed by atoms with E-state index in [-0.39, 0.29) is 22.9 Å². The molecule has 2 aromatic heterocycles. The Balaban J connectivity index is 1.62. The maximum Gasteiger partial charge on any atom is 0.487 e. The van der Waals surface area contributed by atoms with Crippen molar-refractivity contribution >= 4 is 29.0 Å². The highest BCUT2D eigenvalue weighted by Crippen LogP contribution is 2.33. The number of alkyl halides is 3. The van der Waals surface area contributed by atoms with E-state index < -0.39 is 11.5 Å². The lowest BCUT2D eigenvalue weighted by atomic mass is 10.0. The zero-order chi connectivity index (χ0) is 23.8. The number of carbonyl (C=O) groups is 1. The first-order valence-corrected chi connectivity index (χ1v) is 10.5. The zero-order valence-corrected chi connectivity index (χ0v) is 18.5. The monoisotopic (exact) mass is 475 g/mol. The van der Waals surface area contributed by atoms with Gasteiger partial charge >= 0.3 is 5.57 Å². The van der Waals surface area contributed by atoms with E-state index in [1.165, 1.54) is 47.4 Å². The van der Waals surface area contributed by atoms with Crippen LogP contribution in [0.4, 0.5) is 20.3 Å². The average molecular weight is 476 g/mol. The summed E-state index contributed by atoms with van der Waals surface area (Å²) in [6, 6.07) is 8.64. The lowest BCUT2D eigenvalue weighted by Gasteiger charge is -2.40. The summed E-state index contributed by atoms with van der Waals surface area (Å²) in [7, 11) is 1.60. The molecule has 8 nitrogen and oxygen atoms in total. The Labute approximate surface area is 192 Å². The third kappa shape index (κ3) is 5.11. The van der Waals surface area contributed by atoms with E-state index >= 15 is 0 Å². The maximum absolute atomic E-state index is 12.8. The van der Waals surface area contributed by atoms with E-state index in [9.17, 15) is 18.4 Å². The van der Waals surface area contributed by atoms with Crippen molar-refractivity contribution in [3.8, 4) is 17.0 Å². The van der Waals surface area contributed by atoms with Crippen molar-refractivity contribution in [3.63, 3.8) is 0 Å². The molecule has 1 aromatic carbocycles. The topological polar surface area (TPSA) is 89.4 Å². The van der Waals surface area contributed by atoms with Crippen LogP contribution in [-0.2, 0) is 7.05 Å². The summed E-state index contributed by atoms with van der Waals surface area (Å²) in [5.74, 6) is 0.0309. The number of pyridine rings is 1. The van der Waals surface area contributed by atoms with Crippen molar-refractivity contribution in [2.45, 2.75) is 25.0 Å². The van der Waals surface area contributed by atoms with Crippen molar-refractivity contribution in [1.82, 2.24) is 14.5 Å². The number of amides is 1. The van der Waals surface area contributed by atoms with Crippen LogP contribution >= 0.6 is 11.6 Å². The summed E-state index contributed by atoms with van der Waals surface area (Å²) in [5, 5.41) is 2.68. The largest absolute Gasteiger partial charge is 0.487 e. The van der Waals surface area contributed by atoms with Gasteiger partial charge in [-0.05, 0) is 43.7 Å². The molecule has 3 heterocycles. The number of aryl methyl sites for hydroxylation is 1. The molecule has 11 heteroatoms. The number of nitrogens with one attached hydrogen (secondary N) is 1. The minimum atomic E-state index is -3.82. The number of halogens is 3. The predicted molar refractivity (Wildman–Crippen MR) is 120 cm³/mol. The summed E-state index contributed by atoms with van der Waals surface area (Å²) in [5.41, 5.74) is -2.47. The molecule has 0 bridgehead atoms. The van der Waals surface area contributed by atoms with Crippen LogP contribution in [-0.4, -0.2) is 38.6 Å². The van der Waals surface area contributed by atoms with Crippen molar-refractivity contribution in [3.05, 3.63) is 64.8 Å². The molecule has 172 valence electrons. The Kier molecular flexibility index (Phi) is 6.03. The van der Waals surface area contributed by atoms with E-state index in [0.29, 0.717) is 22.8 Å². The fraction of sp³-hybridized carbons (Fsp3) is 0.273. The minimum Gasteiger partial charge on any atom is -0.420 e. The number of ether oxygens (including phenoxy) is 1. The van der Waals surface area contributed by atoms with Gasteiger partial charge < -0.3 is 19.5 Å². The molecule has 3 aromatic rings. The van der Waals surface area contributed by atoms with E-state index in [2.05, 4.69) is 31.8 Å². The number of rotatable bonds is 6. The fourth-order valence-corrected chi connectivity index (χ4v) is 3.47. The van der Waals surface area contributed by atoms with Crippen LogP contribution in [0.2, 0.25) is 0 Å². The quantitative estimate of drug-likeness (QED) is 0.544. The van der Waals surface area contributed by atoms with Gasteiger partial charge in [0.05, 0.1) is 17.6 Å². The normalized spacial score (nSPS) is 15.7. The third-order valence-electron chi connectivity index (χ3n) is 5.32. The summed E-state index contributed by atoms with van der Waals surface area (Å²) in [6.45, 7) is 2.88. The number of hydrogen-bond donors (Lipinski definition) is 1.